The van der Waals surface area contributed by atoms with Gasteiger partial charge >= 0.3 is 0 Å². The summed E-state index contributed by atoms with van der Waals surface area (Å²) in [5.74, 6) is 1.19. The normalized spacial score (nSPS) is 11.9. The van der Waals surface area contributed by atoms with Gasteiger partial charge in [0.05, 0.1) is 11.6 Å². The van der Waals surface area contributed by atoms with Crippen molar-refractivity contribution in [2.45, 2.75) is 45.9 Å². The van der Waals surface area contributed by atoms with Crippen molar-refractivity contribution in [3.05, 3.63) is 93.5 Å². The third-order valence-corrected chi connectivity index (χ3v) is 5.71. The van der Waals surface area contributed by atoms with Crippen molar-refractivity contribution < 1.29 is 9.47 Å². The second-order valence-electron chi connectivity index (χ2n) is 7.52. The van der Waals surface area contributed by atoms with Gasteiger partial charge in [-0.25, -0.2) is 0 Å². The first kappa shape index (κ1) is 23.5. The molecule has 3 aromatic rings. The van der Waals surface area contributed by atoms with Crippen molar-refractivity contribution in [3.63, 3.8) is 0 Å². The highest BCUT2D eigenvalue weighted by molar-refractivity contribution is 6.32. The topological polar surface area (TPSA) is 30.5 Å². The number of aryl methyl sites for hydroxylation is 1. The van der Waals surface area contributed by atoms with E-state index in [1.807, 2.05) is 49.4 Å². The summed E-state index contributed by atoms with van der Waals surface area (Å²) >= 11 is 12.8. The third kappa shape index (κ3) is 7.17. The number of hydrogen-bond acceptors (Lipinski definition) is 3. The molecule has 0 heterocycles. The highest BCUT2D eigenvalue weighted by Gasteiger charge is 2.14. The van der Waals surface area contributed by atoms with E-state index in [0.717, 1.165) is 24.0 Å². The van der Waals surface area contributed by atoms with Crippen molar-refractivity contribution in [2.75, 3.05) is 6.61 Å². The Kier molecular flexibility index (Phi) is 9.08. The molecule has 0 aliphatic rings. The van der Waals surface area contributed by atoms with Gasteiger partial charge in [0, 0.05) is 23.2 Å². The van der Waals surface area contributed by atoms with Crippen LogP contribution in [0.25, 0.3) is 0 Å². The standard InChI is InChI=1S/C26H29Cl2NO2/c1-3-30-25-16-21(17-29-19(2)13-14-20-9-5-4-6-10-20)15-24(28)26(25)31-18-22-11-7-8-12-23(22)27/h4-12,15-16,19,29H,3,13-14,17-18H2,1-2H3. The molecule has 0 spiro atoms. The summed E-state index contributed by atoms with van der Waals surface area (Å²) in [4.78, 5) is 0. The summed E-state index contributed by atoms with van der Waals surface area (Å²) < 4.78 is 11.8. The molecule has 0 saturated carbocycles. The van der Waals surface area contributed by atoms with E-state index in [1.165, 1.54) is 5.56 Å². The van der Waals surface area contributed by atoms with Gasteiger partial charge in [0.25, 0.3) is 0 Å². The molecule has 1 unspecified atom stereocenters. The van der Waals surface area contributed by atoms with Crippen LogP contribution in [-0.4, -0.2) is 12.6 Å². The maximum absolute atomic E-state index is 6.57. The summed E-state index contributed by atoms with van der Waals surface area (Å²) in [5, 5.41) is 4.78. The van der Waals surface area contributed by atoms with Gasteiger partial charge < -0.3 is 14.8 Å². The van der Waals surface area contributed by atoms with Crippen molar-refractivity contribution in [1.29, 1.82) is 0 Å². The fourth-order valence-electron chi connectivity index (χ4n) is 3.31. The lowest BCUT2D eigenvalue weighted by molar-refractivity contribution is 0.269. The molecule has 3 nitrogen and oxygen atoms in total. The van der Waals surface area contributed by atoms with Crippen LogP contribution in [0.4, 0.5) is 0 Å². The van der Waals surface area contributed by atoms with Crippen LogP contribution < -0.4 is 14.8 Å². The molecule has 3 aromatic carbocycles. The zero-order valence-corrected chi connectivity index (χ0v) is 19.5. The predicted molar refractivity (Wildman–Crippen MR) is 129 cm³/mol. The number of benzene rings is 3. The lowest BCUT2D eigenvalue weighted by Crippen LogP contribution is -2.26. The first-order chi connectivity index (χ1) is 15.1. The Hall–Kier alpha value is -2.20. The predicted octanol–water partition coefficient (Wildman–Crippen LogP) is 7.08. The Bertz CT molecular complexity index is 963. The third-order valence-electron chi connectivity index (χ3n) is 5.06. The Morgan fingerprint density at radius 2 is 1.61 bits per heavy atom. The van der Waals surface area contributed by atoms with Crippen molar-refractivity contribution in [2.24, 2.45) is 0 Å². The second-order valence-corrected chi connectivity index (χ2v) is 8.34. The zero-order chi connectivity index (χ0) is 22.1. The van der Waals surface area contributed by atoms with E-state index in [2.05, 4.69) is 36.5 Å². The van der Waals surface area contributed by atoms with Crippen LogP contribution in [0.15, 0.2) is 66.7 Å². The summed E-state index contributed by atoms with van der Waals surface area (Å²) in [5.41, 5.74) is 3.32. The monoisotopic (exact) mass is 457 g/mol. The number of halogens is 2. The van der Waals surface area contributed by atoms with Crippen LogP contribution in [0.2, 0.25) is 10.0 Å². The fraction of sp³-hybridized carbons (Fsp3) is 0.308. The van der Waals surface area contributed by atoms with Gasteiger partial charge in [-0.3, -0.25) is 0 Å². The maximum Gasteiger partial charge on any atom is 0.180 e. The van der Waals surface area contributed by atoms with Crippen LogP contribution in [0, 0.1) is 0 Å². The van der Waals surface area contributed by atoms with E-state index < -0.39 is 0 Å². The Morgan fingerprint density at radius 1 is 0.871 bits per heavy atom. The van der Waals surface area contributed by atoms with E-state index in [-0.39, 0.29) is 0 Å². The molecule has 0 aromatic heterocycles. The van der Waals surface area contributed by atoms with Gasteiger partial charge in [-0.2, -0.15) is 0 Å². The quantitative estimate of drug-likeness (QED) is 0.333. The van der Waals surface area contributed by atoms with Crippen molar-refractivity contribution in [3.8, 4) is 11.5 Å². The van der Waals surface area contributed by atoms with E-state index in [0.29, 0.717) is 47.3 Å². The van der Waals surface area contributed by atoms with Crippen molar-refractivity contribution >= 4 is 23.2 Å². The van der Waals surface area contributed by atoms with E-state index in [9.17, 15) is 0 Å². The smallest absolute Gasteiger partial charge is 0.180 e. The first-order valence-corrected chi connectivity index (χ1v) is 11.4. The van der Waals surface area contributed by atoms with Gasteiger partial charge in [-0.05, 0) is 56.0 Å². The molecule has 0 fully saturated rings. The van der Waals surface area contributed by atoms with Gasteiger partial charge in [0.1, 0.15) is 6.61 Å². The Morgan fingerprint density at radius 3 is 2.35 bits per heavy atom. The van der Waals surface area contributed by atoms with Gasteiger partial charge in [-0.15, -0.1) is 0 Å². The minimum Gasteiger partial charge on any atom is -0.490 e. The van der Waals surface area contributed by atoms with E-state index in [1.54, 1.807) is 0 Å². The van der Waals surface area contributed by atoms with Crippen LogP contribution in [0.3, 0.4) is 0 Å². The fourth-order valence-corrected chi connectivity index (χ4v) is 3.79. The van der Waals surface area contributed by atoms with E-state index in [4.69, 9.17) is 32.7 Å². The molecule has 1 N–H and O–H groups in total. The summed E-state index contributed by atoms with van der Waals surface area (Å²) in [7, 11) is 0. The number of ether oxygens (including phenoxy) is 2. The first-order valence-electron chi connectivity index (χ1n) is 10.7. The highest BCUT2D eigenvalue weighted by atomic mass is 35.5. The summed E-state index contributed by atoms with van der Waals surface area (Å²) in [6.07, 6.45) is 2.11. The molecule has 0 bridgehead atoms. The number of nitrogens with one attached hydrogen (secondary N) is 1. The average Bonchev–Trinajstić information content (AvgIpc) is 2.77. The van der Waals surface area contributed by atoms with Crippen LogP contribution in [0.5, 0.6) is 11.5 Å². The largest absolute Gasteiger partial charge is 0.490 e. The van der Waals surface area contributed by atoms with Crippen LogP contribution >= 0.6 is 23.2 Å². The van der Waals surface area contributed by atoms with Gasteiger partial charge in [0.15, 0.2) is 11.5 Å². The molecule has 3 rings (SSSR count). The van der Waals surface area contributed by atoms with Gasteiger partial charge in [-0.1, -0.05) is 71.7 Å². The second kappa shape index (κ2) is 12.0. The molecule has 164 valence electrons. The van der Waals surface area contributed by atoms with Crippen molar-refractivity contribution in [1.82, 2.24) is 5.32 Å². The Labute approximate surface area is 195 Å². The molecule has 0 amide bonds. The molecule has 0 radical (unpaired) electrons. The van der Waals surface area contributed by atoms with Gasteiger partial charge in [0.2, 0.25) is 0 Å². The minimum atomic E-state index is 0.327. The lowest BCUT2D eigenvalue weighted by Gasteiger charge is -2.18. The lowest BCUT2D eigenvalue weighted by atomic mass is 10.1. The maximum atomic E-state index is 6.57. The summed E-state index contributed by atoms with van der Waals surface area (Å²) in [6.45, 7) is 5.72. The zero-order valence-electron chi connectivity index (χ0n) is 18.0. The van der Waals surface area contributed by atoms with Crippen LogP contribution in [0.1, 0.15) is 37.0 Å². The minimum absolute atomic E-state index is 0.327. The van der Waals surface area contributed by atoms with Crippen LogP contribution in [-0.2, 0) is 19.6 Å². The Balaban J connectivity index is 1.61. The molecule has 0 aliphatic carbocycles. The summed E-state index contributed by atoms with van der Waals surface area (Å²) in [6, 6.07) is 22.5. The molecule has 0 saturated heterocycles. The average molecular weight is 458 g/mol. The molecule has 31 heavy (non-hydrogen) atoms. The molecule has 0 aliphatic heterocycles. The highest BCUT2D eigenvalue weighted by Crippen LogP contribution is 2.37. The molecular formula is C26H29Cl2NO2. The SMILES string of the molecule is CCOc1cc(CNC(C)CCc2ccccc2)cc(Cl)c1OCc1ccccc1Cl. The number of hydrogen-bond donors (Lipinski definition) is 1. The molecular weight excluding hydrogens is 429 g/mol. The number of rotatable bonds is 11. The molecule has 1 atom stereocenters. The molecule has 5 heteroatoms. The van der Waals surface area contributed by atoms with E-state index >= 15 is 0 Å².